The number of hydrogen-bond donors (Lipinski definition) is 1. The SMILES string of the molecule is Cc1nc(CN2C[C@H]3C[C@@H](C2)[C@H](CC2CCCCC2)N2CCCC[C@@H]32)cc(=O)[nH]1. The summed E-state index contributed by atoms with van der Waals surface area (Å²) in [6.07, 6.45) is 14.4. The molecule has 0 radical (unpaired) electrons. The lowest BCUT2D eigenvalue weighted by molar-refractivity contribution is -0.0811. The molecule has 4 heterocycles. The molecule has 5 nitrogen and oxygen atoms in total. The van der Waals surface area contributed by atoms with Gasteiger partial charge in [-0.2, -0.15) is 0 Å². The minimum absolute atomic E-state index is 0.0154. The van der Waals surface area contributed by atoms with E-state index in [1.165, 1.54) is 83.8 Å². The molecule has 3 aliphatic heterocycles. The molecule has 0 spiro atoms. The molecular weight excluding hydrogens is 360 g/mol. The monoisotopic (exact) mass is 398 g/mol. The van der Waals surface area contributed by atoms with Crippen LogP contribution >= 0.6 is 0 Å². The van der Waals surface area contributed by atoms with E-state index in [1.807, 2.05) is 6.92 Å². The van der Waals surface area contributed by atoms with E-state index in [1.54, 1.807) is 6.07 Å². The fourth-order valence-electron chi connectivity index (χ4n) is 7.17. The number of aromatic nitrogens is 2. The van der Waals surface area contributed by atoms with Gasteiger partial charge in [-0.1, -0.05) is 38.5 Å². The van der Waals surface area contributed by atoms with Crippen LogP contribution in [0.1, 0.15) is 75.7 Å². The normalized spacial score (nSPS) is 34.1. The second-order valence-corrected chi connectivity index (χ2v) is 10.4. The maximum absolute atomic E-state index is 11.9. The lowest BCUT2D eigenvalue weighted by Crippen LogP contribution is -2.63. The molecule has 4 atom stereocenters. The summed E-state index contributed by atoms with van der Waals surface area (Å²) < 4.78 is 0. The van der Waals surface area contributed by atoms with Gasteiger partial charge in [-0.25, -0.2) is 4.98 Å². The molecule has 160 valence electrons. The van der Waals surface area contributed by atoms with Crippen molar-refractivity contribution in [3.8, 4) is 0 Å². The summed E-state index contributed by atoms with van der Waals surface area (Å²) in [6.45, 7) is 6.42. The van der Waals surface area contributed by atoms with Crippen LogP contribution in [0.4, 0.5) is 0 Å². The minimum atomic E-state index is -0.0154. The Morgan fingerprint density at radius 1 is 1.07 bits per heavy atom. The fraction of sp³-hybridized carbons (Fsp3) is 0.833. The average Bonchev–Trinajstić information content (AvgIpc) is 2.71. The molecule has 2 bridgehead atoms. The van der Waals surface area contributed by atoms with Crippen LogP contribution in [0.15, 0.2) is 10.9 Å². The van der Waals surface area contributed by atoms with Gasteiger partial charge in [-0.05, 0) is 56.9 Å². The summed E-state index contributed by atoms with van der Waals surface area (Å²) in [5.41, 5.74) is 0.925. The first-order valence-corrected chi connectivity index (χ1v) is 12.2. The molecular formula is C24H38N4O. The minimum Gasteiger partial charge on any atom is -0.311 e. The molecule has 1 aromatic rings. The topological polar surface area (TPSA) is 52.2 Å². The van der Waals surface area contributed by atoms with Gasteiger partial charge in [0.05, 0.1) is 5.69 Å². The Hall–Kier alpha value is -1.20. The molecule has 3 saturated heterocycles. The van der Waals surface area contributed by atoms with Gasteiger partial charge in [0.1, 0.15) is 5.82 Å². The molecule has 5 rings (SSSR count). The summed E-state index contributed by atoms with van der Waals surface area (Å²) in [5.74, 6) is 3.30. The van der Waals surface area contributed by atoms with Gasteiger partial charge < -0.3 is 4.98 Å². The van der Waals surface area contributed by atoms with Crippen LogP contribution in [-0.2, 0) is 6.54 Å². The summed E-state index contributed by atoms with van der Waals surface area (Å²) in [7, 11) is 0. The van der Waals surface area contributed by atoms with Crippen molar-refractivity contribution in [2.45, 2.75) is 89.8 Å². The highest BCUT2D eigenvalue weighted by Crippen LogP contribution is 2.44. The smallest absolute Gasteiger partial charge is 0.251 e. The van der Waals surface area contributed by atoms with Crippen LogP contribution in [0.5, 0.6) is 0 Å². The van der Waals surface area contributed by atoms with Gasteiger partial charge in [0.2, 0.25) is 0 Å². The van der Waals surface area contributed by atoms with Crippen molar-refractivity contribution in [3.63, 3.8) is 0 Å². The summed E-state index contributed by atoms with van der Waals surface area (Å²) in [4.78, 5) is 24.9. The molecule has 5 heteroatoms. The third-order valence-corrected chi connectivity index (χ3v) is 8.30. The van der Waals surface area contributed by atoms with E-state index in [0.717, 1.165) is 47.9 Å². The van der Waals surface area contributed by atoms with Crippen LogP contribution in [0.3, 0.4) is 0 Å². The number of hydrogen-bond acceptors (Lipinski definition) is 4. The Kier molecular flexibility index (Phi) is 5.79. The maximum atomic E-state index is 11.9. The van der Waals surface area contributed by atoms with Crippen molar-refractivity contribution < 1.29 is 0 Å². The number of likely N-dealkylation sites (tertiary alicyclic amines) is 1. The zero-order valence-corrected chi connectivity index (χ0v) is 18.1. The van der Waals surface area contributed by atoms with Crippen LogP contribution in [0.2, 0.25) is 0 Å². The van der Waals surface area contributed by atoms with Gasteiger partial charge in [-0.15, -0.1) is 0 Å². The molecule has 29 heavy (non-hydrogen) atoms. The highest BCUT2D eigenvalue weighted by atomic mass is 16.1. The Balaban J connectivity index is 1.34. The first kappa shape index (κ1) is 19.7. The van der Waals surface area contributed by atoms with Crippen LogP contribution in [0, 0.1) is 24.7 Å². The van der Waals surface area contributed by atoms with Crippen molar-refractivity contribution >= 4 is 0 Å². The predicted molar refractivity (Wildman–Crippen MR) is 116 cm³/mol. The fourth-order valence-corrected chi connectivity index (χ4v) is 7.17. The molecule has 1 saturated carbocycles. The standard InChI is InChI=1S/C24H38N4O/c1-17-25-21(13-24(29)26-17)16-27-14-19-12-20(15-27)23(11-18-7-3-2-4-8-18)28-10-6-5-9-22(19)28/h13,18-20,22-23H,2-12,14-16H2,1H3,(H,25,26,29)/t19-,20+,22+,23+/m1/s1. The number of H-pyrrole nitrogens is 1. The van der Waals surface area contributed by atoms with Crippen molar-refractivity contribution in [2.75, 3.05) is 19.6 Å². The Morgan fingerprint density at radius 2 is 1.86 bits per heavy atom. The van der Waals surface area contributed by atoms with E-state index in [-0.39, 0.29) is 5.56 Å². The van der Waals surface area contributed by atoms with E-state index < -0.39 is 0 Å². The van der Waals surface area contributed by atoms with E-state index in [4.69, 9.17) is 0 Å². The number of aryl methyl sites for hydroxylation is 1. The van der Waals surface area contributed by atoms with Gasteiger partial charge in [0, 0.05) is 37.8 Å². The van der Waals surface area contributed by atoms with Gasteiger partial charge >= 0.3 is 0 Å². The second kappa shape index (κ2) is 8.50. The van der Waals surface area contributed by atoms with Crippen molar-refractivity contribution in [2.24, 2.45) is 17.8 Å². The molecule has 0 amide bonds. The van der Waals surface area contributed by atoms with Gasteiger partial charge in [0.25, 0.3) is 5.56 Å². The molecule has 1 aliphatic carbocycles. The van der Waals surface area contributed by atoms with Gasteiger partial charge in [-0.3, -0.25) is 14.6 Å². The number of nitrogens with one attached hydrogen (secondary N) is 1. The Bertz CT molecular complexity index is 755. The van der Waals surface area contributed by atoms with Crippen molar-refractivity contribution in [3.05, 3.63) is 27.9 Å². The third-order valence-electron chi connectivity index (χ3n) is 8.30. The number of aromatic amines is 1. The number of rotatable bonds is 4. The Morgan fingerprint density at radius 3 is 2.69 bits per heavy atom. The number of nitrogens with zero attached hydrogens (tertiary/aromatic N) is 3. The van der Waals surface area contributed by atoms with Gasteiger partial charge in [0.15, 0.2) is 0 Å². The van der Waals surface area contributed by atoms with E-state index in [2.05, 4.69) is 19.8 Å². The molecule has 1 N–H and O–H groups in total. The lowest BCUT2D eigenvalue weighted by Gasteiger charge is -2.57. The highest BCUT2D eigenvalue weighted by Gasteiger charge is 2.47. The average molecular weight is 399 g/mol. The first-order valence-electron chi connectivity index (χ1n) is 12.2. The summed E-state index contributed by atoms with van der Waals surface area (Å²) in [6, 6.07) is 3.28. The van der Waals surface area contributed by atoms with Crippen LogP contribution in [-0.4, -0.2) is 51.5 Å². The quantitative estimate of drug-likeness (QED) is 0.840. The molecule has 4 fully saturated rings. The molecule has 0 aromatic carbocycles. The van der Waals surface area contributed by atoms with E-state index in [0.29, 0.717) is 0 Å². The zero-order chi connectivity index (χ0) is 19.8. The highest BCUT2D eigenvalue weighted by molar-refractivity contribution is 5.05. The first-order chi connectivity index (χ1) is 14.2. The molecule has 1 aromatic heterocycles. The maximum Gasteiger partial charge on any atom is 0.251 e. The predicted octanol–water partition coefficient (Wildman–Crippen LogP) is 3.72. The molecule has 4 aliphatic rings. The largest absolute Gasteiger partial charge is 0.311 e. The zero-order valence-electron chi connectivity index (χ0n) is 18.1. The number of piperidine rings is 3. The van der Waals surface area contributed by atoms with Crippen LogP contribution < -0.4 is 5.56 Å². The van der Waals surface area contributed by atoms with Crippen molar-refractivity contribution in [1.29, 1.82) is 0 Å². The third kappa shape index (κ3) is 4.32. The second-order valence-electron chi connectivity index (χ2n) is 10.4. The number of fused-ring (bicyclic) bond motifs is 4. The van der Waals surface area contributed by atoms with Crippen molar-refractivity contribution in [1.82, 2.24) is 19.8 Å². The lowest BCUT2D eigenvalue weighted by atomic mass is 9.69. The van der Waals surface area contributed by atoms with E-state index in [9.17, 15) is 4.79 Å². The van der Waals surface area contributed by atoms with Crippen LogP contribution in [0.25, 0.3) is 0 Å². The van der Waals surface area contributed by atoms with E-state index >= 15 is 0 Å². The summed E-state index contributed by atoms with van der Waals surface area (Å²) >= 11 is 0. The summed E-state index contributed by atoms with van der Waals surface area (Å²) in [5, 5.41) is 0. The molecule has 0 unspecified atom stereocenters. The Labute approximate surface area is 175 Å².